The average molecular weight is 737 g/mol. The number of nitrogens with zero attached hydrogens (tertiary/aromatic N) is 2. The first-order valence-electron chi connectivity index (χ1n) is 20.0. The number of anilines is 6. The molecule has 0 spiro atoms. The number of fused-ring (bicyclic) bond motifs is 6. The molecule has 10 aromatic carbocycles. The molecule has 0 unspecified atom stereocenters. The summed E-state index contributed by atoms with van der Waals surface area (Å²) in [6.07, 6.45) is 0. The van der Waals surface area contributed by atoms with Crippen molar-refractivity contribution in [2.24, 2.45) is 0 Å². The Labute approximate surface area is 338 Å². The first-order valence-corrected chi connectivity index (χ1v) is 20.0. The van der Waals surface area contributed by atoms with Crippen molar-refractivity contribution in [2.45, 2.75) is 0 Å². The lowest BCUT2D eigenvalue weighted by atomic mass is 9.97. The lowest BCUT2D eigenvalue weighted by Crippen LogP contribution is -2.18. The Hall–Kier alpha value is -7.68. The van der Waals surface area contributed by atoms with Gasteiger partial charge in [0.25, 0.3) is 0 Å². The molecular formula is C56H36N2. The Morgan fingerprint density at radius 3 is 1.17 bits per heavy atom. The molecule has 10 aromatic rings. The van der Waals surface area contributed by atoms with Gasteiger partial charge in [-0.1, -0.05) is 164 Å². The first-order chi connectivity index (χ1) is 28.8. The van der Waals surface area contributed by atoms with Crippen molar-refractivity contribution in [1.82, 2.24) is 0 Å². The molecule has 0 amide bonds. The summed E-state index contributed by atoms with van der Waals surface area (Å²) in [5, 5.41) is 5.22. The summed E-state index contributed by atoms with van der Waals surface area (Å²) >= 11 is 0. The largest absolute Gasteiger partial charge is 0.308 e. The van der Waals surface area contributed by atoms with Crippen LogP contribution >= 0.6 is 0 Å². The molecule has 270 valence electrons. The predicted molar refractivity (Wildman–Crippen MR) is 245 cm³/mol. The molecule has 0 fully saturated rings. The van der Waals surface area contributed by atoms with Crippen LogP contribution in [0.5, 0.6) is 0 Å². The lowest BCUT2D eigenvalue weighted by Gasteiger charge is -2.35. The summed E-state index contributed by atoms with van der Waals surface area (Å²) in [4.78, 5) is 4.92. The van der Waals surface area contributed by atoms with E-state index in [-0.39, 0.29) is 0 Å². The quantitative estimate of drug-likeness (QED) is 0.161. The highest BCUT2D eigenvalue weighted by molar-refractivity contribution is 6.17. The van der Waals surface area contributed by atoms with E-state index in [1.165, 1.54) is 66.1 Å². The summed E-state index contributed by atoms with van der Waals surface area (Å²) in [6, 6.07) is 80.1. The van der Waals surface area contributed by atoms with Crippen molar-refractivity contribution in [1.29, 1.82) is 0 Å². The van der Waals surface area contributed by atoms with Crippen LogP contribution in [0.2, 0.25) is 0 Å². The van der Waals surface area contributed by atoms with Crippen LogP contribution < -0.4 is 9.80 Å². The van der Waals surface area contributed by atoms with E-state index in [4.69, 9.17) is 0 Å². The molecule has 0 aromatic heterocycles. The maximum atomic E-state index is 2.47. The standard InChI is InChI=1S/C56H36N2/c1-4-15-37(16-5-1)44-25-14-30-53(57(40-21-6-2-7-22-40)42-31-33-45-47-26-10-17-38-19-12-28-49(54(38)47)51(45)35-42)56(44)58(41-23-8-3-9-24-41)43-32-34-46-48-27-11-18-39-20-13-29-50(55(39)48)52(46)36-43/h1-36H. The van der Waals surface area contributed by atoms with Gasteiger partial charge >= 0.3 is 0 Å². The molecule has 0 N–H and O–H groups in total. The van der Waals surface area contributed by atoms with Crippen molar-refractivity contribution < 1.29 is 0 Å². The molecule has 2 nitrogen and oxygen atoms in total. The Kier molecular flexibility index (Phi) is 7.26. The molecule has 0 atom stereocenters. The summed E-state index contributed by atoms with van der Waals surface area (Å²) < 4.78 is 0. The van der Waals surface area contributed by atoms with Gasteiger partial charge in [0, 0.05) is 28.3 Å². The van der Waals surface area contributed by atoms with E-state index in [0.717, 1.165) is 45.3 Å². The van der Waals surface area contributed by atoms with Crippen molar-refractivity contribution >= 4 is 55.7 Å². The molecule has 0 heterocycles. The fourth-order valence-electron chi connectivity index (χ4n) is 9.62. The van der Waals surface area contributed by atoms with E-state index < -0.39 is 0 Å². The number of benzene rings is 10. The van der Waals surface area contributed by atoms with Crippen LogP contribution in [0.4, 0.5) is 34.1 Å². The van der Waals surface area contributed by atoms with Gasteiger partial charge < -0.3 is 9.80 Å². The Morgan fingerprint density at radius 2 is 0.655 bits per heavy atom. The van der Waals surface area contributed by atoms with E-state index in [1.807, 2.05) is 0 Å². The summed E-state index contributed by atoms with van der Waals surface area (Å²) in [5.74, 6) is 0. The minimum absolute atomic E-state index is 1.08. The Balaban J connectivity index is 1.13. The fraction of sp³-hybridized carbons (Fsp3) is 0. The average Bonchev–Trinajstić information content (AvgIpc) is 3.79. The van der Waals surface area contributed by atoms with E-state index >= 15 is 0 Å². The zero-order chi connectivity index (χ0) is 38.2. The van der Waals surface area contributed by atoms with Gasteiger partial charge in [0.2, 0.25) is 0 Å². The molecule has 58 heavy (non-hydrogen) atoms. The molecule has 2 heteroatoms. The van der Waals surface area contributed by atoms with Crippen LogP contribution in [0.25, 0.3) is 77.2 Å². The van der Waals surface area contributed by atoms with E-state index in [2.05, 4.69) is 228 Å². The van der Waals surface area contributed by atoms with Crippen molar-refractivity contribution in [3.8, 4) is 55.6 Å². The molecular weight excluding hydrogens is 701 g/mol. The maximum absolute atomic E-state index is 2.47. The third kappa shape index (κ3) is 4.92. The minimum Gasteiger partial charge on any atom is -0.308 e. The van der Waals surface area contributed by atoms with Crippen LogP contribution in [0.1, 0.15) is 0 Å². The molecule has 12 rings (SSSR count). The minimum atomic E-state index is 1.08. The third-order valence-corrected chi connectivity index (χ3v) is 12.1. The fourth-order valence-corrected chi connectivity index (χ4v) is 9.62. The number of hydrogen-bond acceptors (Lipinski definition) is 2. The second kappa shape index (κ2) is 12.9. The van der Waals surface area contributed by atoms with Gasteiger partial charge in [-0.25, -0.2) is 0 Å². The van der Waals surface area contributed by atoms with Crippen molar-refractivity contribution in [3.63, 3.8) is 0 Å². The highest BCUT2D eigenvalue weighted by Crippen LogP contribution is 2.55. The van der Waals surface area contributed by atoms with Crippen LogP contribution in [0, 0.1) is 0 Å². The molecule has 0 bridgehead atoms. The third-order valence-electron chi connectivity index (χ3n) is 12.1. The normalized spacial score (nSPS) is 11.8. The van der Waals surface area contributed by atoms with E-state index in [9.17, 15) is 0 Å². The summed E-state index contributed by atoms with van der Waals surface area (Å²) in [5.41, 5.74) is 19.1. The highest BCUT2D eigenvalue weighted by atomic mass is 15.2. The van der Waals surface area contributed by atoms with Crippen LogP contribution in [-0.4, -0.2) is 0 Å². The lowest BCUT2D eigenvalue weighted by molar-refractivity contribution is 1.23. The van der Waals surface area contributed by atoms with Crippen molar-refractivity contribution in [3.05, 3.63) is 218 Å². The first kappa shape index (κ1) is 32.6. The van der Waals surface area contributed by atoms with Gasteiger partial charge in [0.15, 0.2) is 0 Å². The Bertz CT molecular complexity index is 3210. The van der Waals surface area contributed by atoms with Gasteiger partial charge in [0.05, 0.1) is 11.4 Å². The van der Waals surface area contributed by atoms with Gasteiger partial charge in [-0.15, -0.1) is 0 Å². The van der Waals surface area contributed by atoms with Crippen LogP contribution in [-0.2, 0) is 0 Å². The van der Waals surface area contributed by atoms with Gasteiger partial charge in [-0.3, -0.25) is 0 Å². The molecule has 0 aliphatic heterocycles. The molecule has 0 saturated heterocycles. The zero-order valence-electron chi connectivity index (χ0n) is 31.7. The number of rotatable bonds is 7. The molecule has 2 aliphatic rings. The molecule has 0 saturated carbocycles. The maximum Gasteiger partial charge on any atom is 0.0781 e. The second-order valence-corrected chi connectivity index (χ2v) is 15.3. The zero-order valence-corrected chi connectivity index (χ0v) is 31.7. The van der Waals surface area contributed by atoms with Gasteiger partial charge in [0.1, 0.15) is 0 Å². The molecule has 2 aliphatic carbocycles. The second-order valence-electron chi connectivity index (χ2n) is 15.3. The highest BCUT2D eigenvalue weighted by Gasteiger charge is 2.29. The van der Waals surface area contributed by atoms with Crippen LogP contribution in [0.3, 0.4) is 0 Å². The number of para-hydroxylation sites is 3. The number of hydrogen-bond donors (Lipinski definition) is 0. The van der Waals surface area contributed by atoms with Crippen LogP contribution in [0.15, 0.2) is 218 Å². The SMILES string of the molecule is c1ccc(-c2cccc(N(c3ccccc3)c3ccc4c(c3)-c3cccc5cccc-4c35)c2N(c2ccccc2)c2ccc3c(c2)-c2cccc4cccc-3c24)cc1. The smallest absolute Gasteiger partial charge is 0.0781 e. The van der Waals surface area contributed by atoms with Crippen molar-refractivity contribution in [2.75, 3.05) is 9.80 Å². The summed E-state index contributed by atoms with van der Waals surface area (Å²) in [6.45, 7) is 0. The molecule has 0 radical (unpaired) electrons. The van der Waals surface area contributed by atoms with E-state index in [1.54, 1.807) is 0 Å². The summed E-state index contributed by atoms with van der Waals surface area (Å²) in [7, 11) is 0. The monoisotopic (exact) mass is 736 g/mol. The Morgan fingerprint density at radius 1 is 0.241 bits per heavy atom. The van der Waals surface area contributed by atoms with Gasteiger partial charge in [-0.2, -0.15) is 0 Å². The van der Waals surface area contributed by atoms with Gasteiger partial charge in [-0.05, 0) is 126 Å². The predicted octanol–water partition coefficient (Wildman–Crippen LogP) is 15.9. The topological polar surface area (TPSA) is 6.48 Å². The van der Waals surface area contributed by atoms with E-state index in [0.29, 0.717) is 0 Å².